The third kappa shape index (κ3) is 2.87. The lowest BCUT2D eigenvalue weighted by Crippen LogP contribution is -2.05. The van der Waals surface area contributed by atoms with Crippen LogP contribution < -0.4 is 0 Å². The number of carbonyl (C=O) groups excluding carboxylic acids is 1. The molecule has 0 aliphatic carbocycles. The molecule has 0 aliphatic rings. The molecule has 108 valence electrons. The molecule has 3 heterocycles. The Hall–Kier alpha value is -2.41. The molecule has 0 saturated carbocycles. The van der Waals surface area contributed by atoms with Crippen LogP contribution in [0.4, 0.5) is 0 Å². The number of aromatic nitrogens is 2. The third-order valence-electron chi connectivity index (χ3n) is 2.80. The highest BCUT2D eigenvalue weighted by molar-refractivity contribution is 7.13. The minimum Gasteiger partial charge on any atom is -0.466 e. The maximum Gasteiger partial charge on any atom is 0.342 e. The number of carbonyl (C=O) groups is 1. The standard InChI is InChI=1S/C14H12N2O4S/c1-8-6-10(9(2)19-8)14(17)18-7-12-15-13(16-20-12)11-4-3-5-21-11/h3-6H,7H2,1-2H3. The topological polar surface area (TPSA) is 78.4 Å². The van der Waals surface area contributed by atoms with Gasteiger partial charge in [-0.25, -0.2) is 4.79 Å². The van der Waals surface area contributed by atoms with Crippen molar-refractivity contribution in [2.24, 2.45) is 0 Å². The lowest BCUT2D eigenvalue weighted by Gasteiger charge is -1.99. The van der Waals surface area contributed by atoms with Crippen LogP contribution in [-0.4, -0.2) is 16.1 Å². The minimum absolute atomic E-state index is 0.0686. The number of hydrogen-bond acceptors (Lipinski definition) is 7. The van der Waals surface area contributed by atoms with E-state index in [0.717, 1.165) is 4.88 Å². The van der Waals surface area contributed by atoms with E-state index in [1.54, 1.807) is 19.9 Å². The first kappa shape index (κ1) is 13.6. The summed E-state index contributed by atoms with van der Waals surface area (Å²) in [7, 11) is 0. The molecule has 0 amide bonds. The fourth-order valence-corrected chi connectivity index (χ4v) is 2.51. The molecule has 0 unspecified atom stereocenters. The summed E-state index contributed by atoms with van der Waals surface area (Å²) in [5, 5.41) is 5.77. The van der Waals surface area contributed by atoms with Crippen molar-refractivity contribution >= 4 is 17.3 Å². The van der Waals surface area contributed by atoms with Gasteiger partial charge in [-0.3, -0.25) is 0 Å². The summed E-state index contributed by atoms with van der Waals surface area (Å²) >= 11 is 1.51. The van der Waals surface area contributed by atoms with Crippen LogP contribution in [0.2, 0.25) is 0 Å². The van der Waals surface area contributed by atoms with E-state index in [4.69, 9.17) is 13.7 Å². The lowest BCUT2D eigenvalue weighted by molar-refractivity contribution is 0.0428. The lowest BCUT2D eigenvalue weighted by atomic mass is 10.2. The number of rotatable bonds is 4. The first-order chi connectivity index (χ1) is 10.1. The largest absolute Gasteiger partial charge is 0.466 e. The van der Waals surface area contributed by atoms with Gasteiger partial charge in [-0.05, 0) is 31.4 Å². The number of thiophene rings is 1. The van der Waals surface area contributed by atoms with Crippen LogP contribution in [0.5, 0.6) is 0 Å². The number of esters is 1. The van der Waals surface area contributed by atoms with Gasteiger partial charge < -0.3 is 13.7 Å². The highest BCUT2D eigenvalue weighted by Crippen LogP contribution is 2.21. The summed E-state index contributed by atoms with van der Waals surface area (Å²) in [5.41, 5.74) is 0.408. The molecule has 6 nitrogen and oxygen atoms in total. The molecular weight excluding hydrogens is 292 g/mol. The number of nitrogens with zero attached hydrogens (tertiary/aromatic N) is 2. The average Bonchev–Trinajstić information content (AvgIpc) is 3.15. The summed E-state index contributed by atoms with van der Waals surface area (Å²) in [5.74, 6) is 1.47. The van der Waals surface area contributed by atoms with Gasteiger partial charge in [0.25, 0.3) is 5.89 Å². The first-order valence-electron chi connectivity index (χ1n) is 6.24. The zero-order valence-corrected chi connectivity index (χ0v) is 12.3. The van der Waals surface area contributed by atoms with Crippen molar-refractivity contribution in [1.29, 1.82) is 0 Å². The highest BCUT2D eigenvalue weighted by Gasteiger charge is 2.17. The number of hydrogen-bond donors (Lipinski definition) is 0. The van der Waals surface area contributed by atoms with E-state index in [1.807, 2.05) is 17.5 Å². The van der Waals surface area contributed by atoms with Crippen molar-refractivity contribution in [1.82, 2.24) is 10.1 Å². The van der Waals surface area contributed by atoms with E-state index in [-0.39, 0.29) is 12.5 Å². The Morgan fingerprint density at radius 2 is 2.29 bits per heavy atom. The molecule has 0 atom stereocenters. The van der Waals surface area contributed by atoms with Crippen LogP contribution in [0.1, 0.15) is 27.8 Å². The number of ether oxygens (including phenoxy) is 1. The summed E-state index contributed by atoms with van der Waals surface area (Å²) in [6.07, 6.45) is 0. The Balaban J connectivity index is 1.65. The molecule has 3 aromatic rings. The van der Waals surface area contributed by atoms with Crippen molar-refractivity contribution in [3.8, 4) is 10.7 Å². The van der Waals surface area contributed by atoms with Gasteiger partial charge in [0.15, 0.2) is 6.61 Å². The van der Waals surface area contributed by atoms with E-state index >= 15 is 0 Å². The summed E-state index contributed by atoms with van der Waals surface area (Å²) in [6.45, 7) is 3.42. The van der Waals surface area contributed by atoms with Gasteiger partial charge in [0.05, 0.1) is 4.88 Å². The van der Waals surface area contributed by atoms with Crippen LogP contribution in [0.25, 0.3) is 10.7 Å². The van der Waals surface area contributed by atoms with Crippen LogP contribution in [-0.2, 0) is 11.3 Å². The monoisotopic (exact) mass is 304 g/mol. The van der Waals surface area contributed by atoms with Crippen LogP contribution in [0.15, 0.2) is 32.5 Å². The Kier molecular flexibility index (Phi) is 3.57. The van der Waals surface area contributed by atoms with Crippen molar-refractivity contribution < 1.29 is 18.5 Å². The molecule has 0 aliphatic heterocycles. The second-order valence-electron chi connectivity index (χ2n) is 4.39. The second kappa shape index (κ2) is 5.53. The van der Waals surface area contributed by atoms with E-state index in [1.165, 1.54) is 11.3 Å². The zero-order valence-electron chi connectivity index (χ0n) is 11.5. The Morgan fingerprint density at radius 3 is 2.95 bits per heavy atom. The van der Waals surface area contributed by atoms with Gasteiger partial charge in [-0.15, -0.1) is 11.3 Å². The Morgan fingerprint density at radius 1 is 1.43 bits per heavy atom. The van der Waals surface area contributed by atoms with E-state index < -0.39 is 5.97 Å². The normalized spacial score (nSPS) is 10.8. The molecule has 0 bridgehead atoms. The molecule has 0 saturated heterocycles. The summed E-state index contributed by atoms with van der Waals surface area (Å²) < 4.78 is 15.5. The molecule has 0 N–H and O–H groups in total. The fourth-order valence-electron chi connectivity index (χ4n) is 1.86. The zero-order chi connectivity index (χ0) is 14.8. The third-order valence-corrected chi connectivity index (χ3v) is 3.66. The van der Waals surface area contributed by atoms with Gasteiger partial charge in [0, 0.05) is 0 Å². The van der Waals surface area contributed by atoms with Crippen LogP contribution in [0.3, 0.4) is 0 Å². The SMILES string of the molecule is Cc1cc(C(=O)OCc2nc(-c3cccs3)no2)c(C)o1. The Bertz CT molecular complexity index is 758. The van der Waals surface area contributed by atoms with E-state index in [2.05, 4.69) is 10.1 Å². The quantitative estimate of drug-likeness (QED) is 0.688. The van der Waals surface area contributed by atoms with E-state index in [0.29, 0.717) is 22.9 Å². The Labute approximate surface area is 124 Å². The maximum atomic E-state index is 11.9. The predicted octanol–water partition coefficient (Wildman–Crippen LogP) is 3.36. The van der Waals surface area contributed by atoms with Crippen molar-refractivity contribution in [2.75, 3.05) is 0 Å². The van der Waals surface area contributed by atoms with Gasteiger partial charge in [0.1, 0.15) is 17.1 Å². The molecular formula is C14H12N2O4S. The second-order valence-corrected chi connectivity index (χ2v) is 5.34. The van der Waals surface area contributed by atoms with Crippen LogP contribution in [0, 0.1) is 13.8 Å². The van der Waals surface area contributed by atoms with Gasteiger partial charge in [-0.2, -0.15) is 4.98 Å². The molecule has 3 rings (SSSR count). The average molecular weight is 304 g/mol. The summed E-state index contributed by atoms with van der Waals surface area (Å²) in [4.78, 5) is 17.0. The predicted molar refractivity (Wildman–Crippen MR) is 74.9 cm³/mol. The van der Waals surface area contributed by atoms with Crippen molar-refractivity contribution in [3.63, 3.8) is 0 Å². The molecule has 0 spiro atoms. The number of furan rings is 1. The van der Waals surface area contributed by atoms with Crippen LogP contribution >= 0.6 is 11.3 Å². The smallest absolute Gasteiger partial charge is 0.342 e. The van der Waals surface area contributed by atoms with Gasteiger partial charge >= 0.3 is 5.97 Å². The minimum atomic E-state index is -0.472. The highest BCUT2D eigenvalue weighted by atomic mass is 32.1. The van der Waals surface area contributed by atoms with Crippen molar-refractivity contribution in [3.05, 3.63) is 46.6 Å². The first-order valence-corrected chi connectivity index (χ1v) is 7.12. The summed E-state index contributed by atoms with van der Waals surface area (Å²) in [6, 6.07) is 5.44. The maximum absolute atomic E-state index is 11.9. The molecule has 0 aromatic carbocycles. The molecule has 21 heavy (non-hydrogen) atoms. The number of aryl methyl sites for hydroxylation is 2. The molecule has 0 fully saturated rings. The molecule has 3 aromatic heterocycles. The fraction of sp³-hybridized carbons (Fsp3) is 0.214. The molecule has 7 heteroatoms. The van der Waals surface area contributed by atoms with Gasteiger partial charge in [-0.1, -0.05) is 11.2 Å². The molecule has 0 radical (unpaired) electrons. The van der Waals surface area contributed by atoms with Gasteiger partial charge in [0.2, 0.25) is 5.82 Å². The van der Waals surface area contributed by atoms with E-state index in [9.17, 15) is 4.79 Å². The van der Waals surface area contributed by atoms with Crippen molar-refractivity contribution in [2.45, 2.75) is 20.5 Å².